The van der Waals surface area contributed by atoms with Crippen molar-refractivity contribution in [1.82, 2.24) is 0 Å². The molecule has 47 heavy (non-hydrogen) atoms. The lowest BCUT2D eigenvalue weighted by atomic mass is 9.97. The van der Waals surface area contributed by atoms with Crippen LogP contribution in [0.4, 0.5) is 0 Å². The van der Waals surface area contributed by atoms with Gasteiger partial charge in [0.2, 0.25) is 0 Å². The highest BCUT2D eigenvalue weighted by Crippen LogP contribution is 2.31. The van der Waals surface area contributed by atoms with Crippen molar-refractivity contribution in [3.63, 3.8) is 0 Å². The van der Waals surface area contributed by atoms with Crippen molar-refractivity contribution in [3.05, 3.63) is 12.2 Å². The largest absolute Gasteiger partial charge is 0.481 e. The number of aliphatic hydroxyl groups is 5. The van der Waals surface area contributed by atoms with Crippen molar-refractivity contribution in [1.29, 1.82) is 0 Å². The molecule has 15 nitrogen and oxygen atoms in total. The zero-order valence-electron chi connectivity index (χ0n) is 27.6. The normalized spacial score (nSPS) is 31.8. The van der Waals surface area contributed by atoms with E-state index in [-0.39, 0.29) is 13.0 Å². The number of unbranched alkanes of at least 4 members (excludes halogenated alkanes) is 7. The van der Waals surface area contributed by atoms with Crippen LogP contribution in [0.1, 0.15) is 91.4 Å². The van der Waals surface area contributed by atoms with E-state index in [0.29, 0.717) is 6.42 Å². The van der Waals surface area contributed by atoms with Crippen molar-refractivity contribution in [2.24, 2.45) is 0 Å². The van der Waals surface area contributed by atoms with Crippen LogP contribution in [0, 0.1) is 0 Å². The number of allylic oxidation sites excluding steroid dienone is 2. The van der Waals surface area contributed by atoms with E-state index in [1.807, 2.05) is 0 Å². The first-order valence-electron chi connectivity index (χ1n) is 16.5. The van der Waals surface area contributed by atoms with Gasteiger partial charge in [0.25, 0.3) is 0 Å². The van der Waals surface area contributed by atoms with E-state index in [4.69, 9.17) is 33.5 Å². The Labute approximate surface area is 275 Å². The highest BCUT2D eigenvalue weighted by atomic mass is 16.8. The van der Waals surface area contributed by atoms with Gasteiger partial charge in [0, 0.05) is 20.3 Å². The molecule has 0 saturated carbocycles. The molecular formula is C32H54O15. The topological polar surface area (TPSA) is 228 Å². The Morgan fingerprint density at radius 2 is 1.19 bits per heavy atom. The van der Waals surface area contributed by atoms with Gasteiger partial charge < -0.3 is 59.1 Å². The Kier molecular flexibility index (Phi) is 18.9. The number of aliphatic carboxylic acids is 1. The molecule has 11 atom stereocenters. The Morgan fingerprint density at radius 1 is 0.681 bits per heavy atom. The summed E-state index contributed by atoms with van der Waals surface area (Å²) in [5.41, 5.74) is 0. The Balaban J connectivity index is 1.91. The van der Waals surface area contributed by atoms with E-state index in [2.05, 4.69) is 12.2 Å². The van der Waals surface area contributed by atoms with Gasteiger partial charge in [-0.2, -0.15) is 0 Å². The zero-order valence-corrected chi connectivity index (χ0v) is 27.6. The van der Waals surface area contributed by atoms with Crippen LogP contribution in [0.5, 0.6) is 0 Å². The van der Waals surface area contributed by atoms with Crippen LogP contribution in [0.3, 0.4) is 0 Å². The first kappa shape index (κ1) is 41.0. The van der Waals surface area contributed by atoms with Crippen LogP contribution in [0.15, 0.2) is 12.2 Å². The molecule has 2 heterocycles. The second kappa shape index (κ2) is 21.7. The molecular weight excluding hydrogens is 624 g/mol. The summed E-state index contributed by atoms with van der Waals surface area (Å²) in [6.45, 7) is 3.32. The molecule has 0 radical (unpaired) electrons. The molecule has 15 heteroatoms. The smallest absolute Gasteiger partial charge is 0.303 e. The monoisotopic (exact) mass is 678 g/mol. The third-order valence-corrected chi connectivity index (χ3v) is 8.03. The molecule has 6 N–H and O–H groups in total. The summed E-state index contributed by atoms with van der Waals surface area (Å²) < 4.78 is 33.2. The van der Waals surface area contributed by atoms with Crippen molar-refractivity contribution in [3.8, 4) is 0 Å². The van der Waals surface area contributed by atoms with Crippen molar-refractivity contribution in [2.75, 3.05) is 13.2 Å². The zero-order chi connectivity index (χ0) is 34.9. The maximum atomic E-state index is 11.4. The molecule has 2 rings (SSSR count). The fourth-order valence-corrected chi connectivity index (χ4v) is 5.31. The van der Waals surface area contributed by atoms with Crippen molar-refractivity contribution < 1.29 is 73.4 Å². The van der Waals surface area contributed by atoms with Gasteiger partial charge in [0.05, 0.1) is 6.10 Å². The number of carboxylic acids is 1. The van der Waals surface area contributed by atoms with Gasteiger partial charge in [0.1, 0.15) is 62.0 Å². The number of carbonyl (C=O) groups is 3. The average Bonchev–Trinajstić information content (AvgIpc) is 3.01. The standard InChI is InChI=1S/C32H54O15/c1-19(15-13-11-9-7-5-4-6-8-10-12-14-16-24(35)36)44-32-30(28(40)26(38)23(46-32)18-43-21(3)34)47-31-29(41)27(39)25(37)22(45-31)17-42-20(2)33/h5,7,19,22-23,25-32,37-41H,4,6,8-18H2,1-3H3,(H,35,36)/b7-5-. The second-order valence-corrected chi connectivity index (χ2v) is 12.1. The summed E-state index contributed by atoms with van der Waals surface area (Å²) in [5, 5.41) is 61.7. The molecule has 0 aromatic heterocycles. The minimum absolute atomic E-state index is 0.226. The molecule has 0 spiro atoms. The number of hydrogen-bond acceptors (Lipinski definition) is 14. The molecule has 2 saturated heterocycles. The predicted octanol–water partition coefficient (Wildman–Crippen LogP) is 1.09. The Hall–Kier alpha value is -2.21. The summed E-state index contributed by atoms with van der Waals surface area (Å²) in [5.74, 6) is -2.03. The maximum Gasteiger partial charge on any atom is 0.303 e. The molecule has 0 bridgehead atoms. The summed E-state index contributed by atoms with van der Waals surface area (Å²) in [7, 11) is 0. The molecule has 2 aliphatic heterocycles. The maximum absolute atomic E-state index is 11.4. The van der Waals surface area contributed by atoms with Gasteiger partial charge in [-0.25, -0.2) is 0 Å². The summed E-state index contributed by atoms with van der Waals surface area (Å²) in [6.07, 6.45) is -2.14. The summed E-state index contributed by atoms with van der Waals surface area (Å²) in [6, 6.07) is 0. The summed E-state index contributed by atoms with van der Waals surface area (Å²) in [4.78, 5) is 33.2. The number of carboxylic acid groups (broad SMARTS) is 1. The van der Waals surface area contributed by atoms with Crippen LogP contribution in [0.2, 0.25) is 0 Å². The van der Waals surface area contributed by atoms with E-state index in [1.54, 1.807) is 6.92 Å². The van der Waals surface area contributed by atoms with Crippen LogP contribution >= 0.6 is 0 Å². The summed E-state index contributed by atoms with van der Waals surface area (Å²) >= 11 is 0. The molecule has 0 aromatic carbocycles. The number of ether oxygens (including phenoxy) is 6. The highest BCUT2D eigenvalue weighted by Gasteiger charge is 2.51. The molecule has 272 valence electrons. The highest BCUT2D eigenvalue weighted by molar-refractivity contribution is 5.66. The first-order valence-corrected chi connectivity index (χ1v) is 16.5. The molecule has 0 aliphatic carbocycles. The minimum Gasteiger partial charge on any atom is -0.481 e. The average molecular weight is 679 g/mol. The fourth-order valence-electron chi connectivity index (χ4n) is 5.31. The van der Waals surface area contributed by atoms with Crippen molar-refractivity contribution >= 4 is 17.9 Å². The van der Waals surface area contributed by atoms with Gasteiger partial charge in [-0.05, 0) is 45.4 Å². The number of hydrogen-bond donors (Lipinski definition) is 6. The van der Waals surface area contributed by atoms with E-state index >= 15 is 0 Å². The van der Waals surface area contributed by atoms with Gasteiger partial charge >= 0.3 is 17.9 Å². The quantitative estimate of drug-likeness (QED) is 0.0567. The van der Waals surface area contributed by atoms with Gasteiger partial charge in [-0.3, -0.25) is 14.4 Å². The van der Waals surface area contributed by atoms with Crippen LogP contribution < -0.4 is 0 Å². The van der Waals surface area contributed by atoms with Crippen LogP contribution in [-0.2, 0) is 42.8 Å². The number of carbonyl (C=O) groups excluding carboxylic acids is 2. The molecule has 2 fully saturated rings. The SMILES string of the molecule is CC(=O)OCC1OC(OC2C(OC(C)CCCC/C=C\CCCCCCCC(=O)O)OC(COC(C)=O)C(O)C2O)C(O)C(O)C1O. The molecule has 11 unspecified atom stereocenters. The van der Waals surface area contributed by atoms with E-state index in [0.717, 1.165) is 64.7 Å². The third-order valence-electron chi connectivity index (χ3n) is 8.03. The first-order chi connectivity index (χ1) is 22.3. The lowest BCUT2D eigenvalue weighted by molar-refractivity contribution is -0.371. The molecule has 2 aliphatic rings. The lowest BCUT2D eigenvalue weighted by Gasteiger charge is -2.46. The van der Waals surface area contributed by atoms with E-state index < -0.39 is 92.0 Å². The third kappa shape index (κ3) is 14.8. The Morgan fingerprint density at radius 3 is 1.77 bits per heavy atom. The van der Waals surface area contributed by atoms with Crippen LogP contribution in [0.25, 0.3) is 0 Å². The van der Waals surface area contributed by atoms with E-state index in [1.165, 1.54) is 6.92 Å². The molecule has 0 aromatic rings. The lowest BCUT2D eigenvalue weighted by Crippen LogP contribution is -2.65. The van der Waals surface area contributed by atoms with Gasteiger partial charge in [-0.1, -0.05) is 37.8 Å². The Bertz CT molecular complexity index is 961. The molecule has 0 amide bonds. The fraction of sp³-hybridized carbons (Fsp3) is 0.844. The van der Waals surface area contributed by atoms with E-state index in [9.17, 15) is 39.9 Å². The second-order valence-electron chi connectivity index (χ2n) is 12.1. The number of rotatable bonds is 21. The van der Waals surface area contributed by atoms with Crippen molar-refractivity contribution in [2.45, 2.75) is 159 Å². The number of aliphatic hydroxyl groups excluding tert-OH is 5. The number of esters is 2. The van der Waals surface area contributed by atoms with Crippen LogP contribution in [-0.4, -0.2) is 129 Å². The van der Waals surface area contributed by atoms with Gasteiger partial charge in [-0.15, -0.1) is 0 Å². The minimum atomic E-state index is -1.78. The van der Waals surface area contributed by atoms with Gasteiger partial charge in [0.15, 0.2) is 12.6 Å². The predicted molar refractivity (Wildman–Crippen MR) is 164 cm³/mol.